The van der Waals surface area contributed by atoms with E-state index in [-0.39, 0.29) is 17.4 Å². The number of hydrogen-bond donors (Lipinski definition) is 0. The fourth-order valence-electron chi connectivity index (χ4n) is 3.12. The SMILES string of the molecule is COc1ccc(CN(C)Cn2nc(C[C@@H]3CCS(=O)(=O)C3)oc2=S)cc1. The summed E-state index contributed by atoms with van der Waals surface area (Å²) in [6.45, 7) is 1.23. The summed E-state index contributed by atoms with van der Waals surface area (Å²) in [5.41, 5.74) is 1.15. The molecule has 0 bridgehead atoms. The summed E-state index contributed by atoms with van der Waals surface area (Å²) in [7, 11) is 0.724. The highest BCUT2D eigenvalue weighted by Gasteiger charge is 2.29. The molecule has 0 amide bonds. The van der Waals surface area contributed by atoms with Crippen LogP contribution in [0.1, 0.15) is 17.9 Å². The van der Waals surface area contributed by atoms with Crippen LogP contribution in [0.5, 0.6) is 5.75 Å². The topological polar surface area (TPSA) is 77.6 Å². The zero-order valence-corrected chi connectivity index (χ0v) is 16.6. The van der Waals surface area contributed by atoms with Crippen molar-refractivity contribution >= 4 is 22.1 Å². The van der Waals surface area contributed by atoms with Gasteiger partial charge in [0.1, 0.15) is 5.75 Å². The average Bonchev–Trinajstić information content (AvgIpc) is 3.10. The minimum Gasteiger partial charge on any atom is -0.497 e. The van der Waals surface area contributed by atoms with Crippen LogP contribution in [0.3, 0.4) is 0 Å². The Morgan fingerprint density at radius 2 is 2.12 bits per heavy atom. The number of methoxy groups -OCH3 is 1. The van der Waals surface area contributed by atoms with Crippen molar-refractivity contribution in [2.45, 2.75) is 26.1 Å². The average molecular weight is 398 g/mol. The van der Waals surface area contributed by atoms with Crippen LogP contribution in [0.4, 0.5) is 0 Å². The molecule has 0 unspecified atom stereocenters. The first-order valence-corrected chi connectivity index (χ1v) is 10.7. The summed E-state index contributed by atoms with van der Waals surface area (Å²) in [4.78, 5) is 2.38. The lowest BCUT2D eigenvalue weighted by atomic mass is 10.1. The van der Waals surface area contributed by atoms with E-state index in [2.05, 4.69) is 10.00 Å². The van der Waals surface area contributed by atoms with Gasteiger partial charge in [0, 0.05) is 13.0 Å². The first-order valence-electron chi connectivity index (χ1n) is 8.43. The van der Waals surface area contributed by atoms with Gasteiger partial charge in [0.25, 0.3) is 4.84 Å². The number of ether oxygens (including phenoxy) is 1. The van der Waals surface area contributed by atoms with Gasteiger partial charge in [-0.25, -0.2) is 13.1 Å². The number of sulfone groups is 1. The molecule has 26 heavy (non-hydrogen) atoms. The van der Waals surface area contributed by atoms with Gasteiger partial charge in [-0.2, -0.15) is 0 Å². The fourth-order valence-corrected chi connectivity index (χ4v) is 5.18. The summed E-state index contributed by atoms with van der Waals surface area (Å²) in [6, 6.07) is 7.89. The molecule has 1 aliphatic heterocycles. The van der Waals surface area contributed by atoms with Gasteiger partial charge in [0.05, 0.1) is 25.3 Å². The molecule has 7 nitrogen and oxygen atoms in total. The Morgan fingerprint density at radius 1 is 1.38 bits per heavy atom. The van der Waals surface area contributed by atoms with Gasteiger partial charge in [-0.3, -0.25) is 4.90 Å². The highest BCUT2D eigenvalue weighted by atomic mass is 32.2. The lowest BCUT2D eigenvalue weighted by molar-refractivity contribution is 0.240. The maximum Gasteiger partial charge on any atom is 0.288 e. The first kappa shape index (κ1) is 19.1. The molecule has 1 atom stereocenters. The van der Waals surface area contributed by atoms with E-state index in [1.165, 1.54) is 0 Å². The van der Waals surface area contributed by atoms with Crippen LogP contribution in [0.25, 0.3) is 0 Å². The normalized spacial score (nSPS) is 19.1. The minimum absolute atomic E-state index is 0.0681. The Kier molecular flexibility index (Phi) is 5.79. The van der Waals surface area contributed by atoms with Crippen LogP contribution in [-0.2, 0) is 29.5 Å². The predicted octanol–water partition coefficient (Wildman–Crippen LogP) is 2.28. The van der Waals surface area contributed by atoms with Crippen LogP contribution in [0.2, 0.25) is 0 Å². The summed E-state index contributed by atoms with van der Waals surface area (Å²) >= 11 is 5.25. The Labute approximate surface area is 158 Å². The maximum atomic E-state index is 11.6. The second-order valence-corrected chi connectivity index (χ2v) is 9.32. The third-order valence-corrected chi connectivity index (χ3v) is 6.56. The second kappa shape index (κ2) is 7.89. The highest BCUT2D eigenvalue weighted by molar-refractivity contribution is 7.91. The van der Waals surface area contributed by atoms with Crippen molar-refractivity contribution in [3.8, 4) is 5.75 Å². The molecule has 2 aromatic rings. The molecule has 1 aromatic carbocycles. The molecule has 0 saturated carbocycles. The van der Waals surface area contributed by atoms with Crippen molar-refractivity contribution in [1.29, 1.82) is 0 Å². The van der Waals surface area contributed by atoms with Gasteiger partial charge < -0.3 is 9.15 Å². The van der Waals surface area contributed by atoms with E-state index in [0.29, 0.717) is 30.2 Å². The van der Waals surface area contributed by atoms with Gasteiger partial charge >= 0.3 is 0 Å². The molecular formula is C17H23N3O4S2. The van der Waals surface area contributed by atoms with Gasteiger partial charge in [-0.15, -0.1) is 5.10 Å². The standard InChI is InChI=1S/C17H23N3O4S2/c1-19(10-13-3-5-15(23-2)6-4-13)12-20-17(25)24-16(18-20)9-14-7-8-26(21,22)11-14/h3-6,14H,7-12H2,1-2H3/t14-/m0/s1. The van der Waals surface area contributed by atoms with Gasteiger partial charge in [0.2, 0.25) is 5.89 Å². The number of benzene rings is 1. The van der Waals surface area contributed by atoms with Crippen LogP contribution >= 0.6 is 12.2 Å². The molecule has 142 valence electrons. The number of aromatic nitrogens is 2. The Balaban J connectivity index is 1.59. The molecule has 0 aliphatic carbocycles. The van der Waals surface area contributed by atoms with E-state index in [1.807, 2.05) is 31.3 Å². The first-order chi connectivity index (χ1) is 12.3. The quantitative estimate of drug-likeness (QED) is 0.663. The van der Waals surface area contributed by atoms with Gasteiger partial charge in [-0.1, -0.05) is 12.1 Å². The monoisotopic (exact) mass is 397 g/mol. The largest absolute Gasteiger partial charge is 0.497 e. The Hall–Kier alpha value is -1.71. The predicted molar refractivity (Wildman–Crippen MR) is 100 cm³/mol. The van der Waals surface area contributed by atoms with E-state index in [9.17, 15) is 8.42 Å². The second-order valence-electron chi connectivity index (χ2n) is 6.74. The zero-order valence-electron chi connectivity index (χ0n) is 14.9. The van der Waals surface area contributed by atoms with Gasteiger partial charge in [-0.05, 0) is 49.3 Å². The molecule has 9 heteroatoms. The van der Waals surface area contributed by atoms with E-state index < -0.39 is 9.84 Å². The van der Waals surface area contributed by atoms with Crippen molar-refractivity contribution in [3.63, 3.8) is 0 Å². The van der Waals surface area contributed by atoms with Gasteiger partial charge in [0.15, 0.2) is 9.84 Å². The number of rotatable bonds is 7. The molecule has 1 aromatic heterocycles. The molecule has 3 rings (SSSR count). The summed E-state index contributed by atoms with van der Waals surface area (Å²) in [5.74, 6) is 1.87. The minimum atomic E-state index is -2.90. The lowest BCUT2D eigenvalue weighted by Crippen LogP contribution is -2.22. The number of hydrogen-bond acceptors (Lipinski definition) is 7. The van der Waals surface area contributed by atoms with E-state index in [1.54, 1.807) is 11.8 Å². The van der Waals surface area contributed by atoms with Crippen molar-refractivity contribution in [2.24, 2.45) is 5.92 Å². The molecule has 0 N–H and O–H groups in total. The Morgan fingerprint density at radius 3 is 2.73 bits per heavy atom. The molecule has 0 radical (unpaired) electrons. The van der Waals surface area contributed by atoms with Crippen molar-refractivity contribution < 1.29 is 17.6 Å². The molecule has 1 fully saturated rings. The van der Waals surface area contributed by atoms with Crippen molar-refractivity contribution in [1.82, 2.24) is 14.7 Å². The van der Waals surface area contributed by atoms with E-state index in [4.69, 9.17) is 21.4 Å². The van der Waals surface area contributed by atoms with Crippen LogP contribution < -0.4 is 4.74 Å². The fraction of sp³-hybridized carbons (Fsp3) is 0.529. The highest BCUT2D eigenvalue weighted by Crippen LogP contribution is 2.22. The summed E-state index contributed by atoms with van der Waals surface area (Å²) in [6.07, 6.45) is 1.17. The van der Waals surface area contributed by atoms with Crippen LogP contribution in [0, 0.1) is 10.8 Å². The van der Waals surface area contributed by atoms with Crippen molar-refractivity contribution in [2.75, 3.05) is 25.7 Å². The van der Waals surface area contributed by atoms with Crippen molar-refractivity contribution in [3.05, 3.63) is 40.6 Å². The number of nitrogens with zero attached hydrogens (tertiary/aromatic N) is 3. The van der Waals surface area contributed by atoms with E-state index in [0.717, 1.165) is 17.9 Å². The Bertz CT molecular complexity index is 903. The third kappa shape index (κ3) is 4.93. The molecule has 2 heterocycles. The molecule has 1 saturated heterocycles. The summed E-state index contributed by atoms with van der Waals surface area (Å²) in [5, 5.41) is 4.42. The lowest BCUT2D eigenvalue weighted by Gasteiger charge is -2.16. The van der Waals surface area contributed by atoms with Crippen LogP contribution in [-0.4, -0.2) is 48.8 Å². The molecular weight excluding hydrogens is 374 g/mol. The smallest absolute Gasteiger partial charge is 0.288 e. The molecule has 1 aliphatic rings. The van der Waals surface area contributed by atoms with E-state index >= 15 is 0 Å². The summed E-state index contributed by atoms with van der Waals surface area (Å²) < 4.78 is 35.5. The molecule has 0 spiro atoms. The zero-order chi connectivity index (χ0) is 18.7. The van der Waals surface area contributed by atoms with Crippen LogP contribution in [0.15, 0.2) is 28.7 Å². The maximum absolute atomic E-state index is 11.6. The third-order valence-electron chi connectivity index (χ3n) is 4.43.